The van der Waals surface area contributed by atoms with E-state index in [4.69, 9.17) is 4.42 Å². The van der Waals surface area contributed by atoms with E-state index in [-0.39, 0.29) is 17.9 Å². The van der Waals surface area contributed by atoms with Crippen LogP contribution >= 0.6 is 0 Å². The molecule has 2 N–H and O–H groups in total. The third-order valence-corrected chi connectivity index (χ3v) is 5.66. The van der Waals surface area contributed by atoms with Gasteiger partial charge in [-0.05, 0) is 54.8 Å². The van der Waals surface area contributed by atoms with Crippen LogP contribution in [0.2, 0.25) is 0 Å². The number of urea groups is 1. The van der Waals surface area contributed by atoms with Gasteiger partial charge < -0.3 is 24.9 Å². The molecule has 1 aromatic heterocycles. The number of hydrogen-bond donors (Lipinski definition) is 2. The number of benzene rings is 2. The maximum Gasteiger partial charge on any atom is 0.319 e. The Balaban J connectivity index is 1.95. The number of carbonyl (C=O) groups is 2. The first-order valence-electron chi connectivity index (χ1n) is 11.6. The summed E-state index contributed by atoms with van der Waals surface area (Å²) in [5, 5.41) is 5.61. The van der Waals surface area contributed by atoms with Crippen LogP contribution in [0.5, 0.6) is 0 Å². The molecule has 0 aliphatic rings. The lowest BCUT2D eigenvalue weighted by Gasteiger charge is -2.29. The van der Waals surface area contributed by atoms with Crippen molar-refractivity contribution in [3.8, 4) is 0 Å². The Morgan fingerprint density at radius 2 is 1.74 bits per heavy atom. The van der Waals surface area contributed by atoms with Gasteiger partial charge in [0.2, 0.25) is 5.91 Å². The zero-order chi connectivity index (χ0) is 24.5. The van der Waals surface area contributed by atoms with Crippen LogP contribution in [0.1, 0.15) is 43.1 Å². The van der Waals surface area contributed by atoms with Gasteiger partial charge in [-0.25, -0.2) is 4.79 Å². The van der Waals surface area contributed by atoms with Crippen LogP contribution in [0.15, 0.2) is 71.3 Å². The third-order valence-electron chi connectivity index (χ3n) is 5.66. The highest BCUT2D eigenvalue weighted by atomic mass is 16.3. The third kappa shape index (κ3) is 6.41. The largest absolute Gasteiger partial charge is 0.467 e. The van der Waals surface area contributed by atoms with Gasteiger partial charge in [0.25, 0.3) is 0 Å². The minimum absolute atomic E-state index is 0.0388. The van der Waals surface area contributed by atoms with Gasteiger partial charge in [-0.3, -0.25) is 4.79 Å². The van der Waals surface area contributed by atoms with Crippen molar-refractivity contribution in [2.24, 2.45) is 0 Å². The van der Waals surface area contributed by atoms with Crippen LogP contribution in [-0.4, -0.2) is 37.5 Å². The van der Waals surface area contributed by atoms with Crippen LogP contribution in [0, 0.1) is 0 Å². The van der Waals surface area contributed by atoms with E-state index in [2.05, 4.69) is 10.6 Å². The number of anilines is 2. The first kappa shape index (κ1) is 24.9. The average molecular weight is 463 g/mol. The molecule has 1 atom stereocenters. The quantitative estimate of drug-likeness (QED) is 0.434. The summed E-state index contributed by atoms with van der Waals surface area (Å²) in [5.74, 6) is 0.506. The molecule has 3 aromatic rings. The molecule has 1 heterocycles. The second-order valence-electron chi connectivity index (χ2n) is 8.37. The first-order chi connectivity index (χ1) is 16.4. The Labute approximate surface area is 201 Å². The van der Waals surface area contributed by atoms with E-state index in [1.54, 1.807) is 6.26 Å². The standard InChI is InChI=1S/C27H34N4O3/c1-5-24(20-11-8-7-9-12-20)26(32)31(19-23-13-10-16-34-23)18-21-17-22(29-27(33)28-6-2)14-15-25(21)30(3)4/h7-17,24H,5-6,18-19H2,1-4H3,(H2,28,29,33)/t24-/m0/s1. The molecule has 0 fully saturated rings. The highest BCUT2D eigenvalue weighted by Crippen LogP contribution is 2.28. The molecule has 0 saturated carbocycles. The molecular formula is C27H34N4O3. The number of nitrogens with one attached hydrogen (secondary N) is 2. The van der Waals surface area contributed by atoms with Gasteiger partial charge in [-0.2, -0.15) is 0 Å². The van der Waals surface area contributed by atoms with Crippen molar-refractivity contribution in [2.45, 2.75) is 39.3 Å². The lowest BCUT2D eigenvalue weighted by molar-refractivity contribution is -0.134. The van der Waals surface area contributed by atoms with Gasteiger partial charge in [0.15, 0.2) is 0 Å². The molecule has 3 amide bonds. The lowest BCUT2D eigenvalue weighted by Crippen LogP contribution is -2.34. The summed E-state index contributed by atoms with van der Waals surface area (Å²) in [6.07, 6.45) is 2.31. The topological polar surface area (TPSA) is 77.8 Å². The van der Waals surface area contributed by atoms with Crippen molar-refractivity contribution < 1.29 is 14.0 Å². The van der Waals surface area contributed by atoms with Crippen molar-refractivity contribution in [1.82, 2.24) is 10.2 Å². The van der Waals surface area contributed by atoms with Gasteiger partial charge in [0.05, 0.1) is 18.7 Å². The molecule has 0 radical (unpaired) electrons. The summed E-state index contributed by atoms with van der Waals surface area (Å²) in [6.45, 7) is 5.17. The van der Waals surface area contributed by atoms with Crippen LogP contribution in [0.25, 0.3) is 0 Å². The van der Waals surface area contributed by atoms with Crippen LogP contribution in [0.3, 0.4) is 0 Å². The van der Waals surface area contributed by atoms with Crippen LogP contribution < -0.4 is 15.5 Å². The predicted octanol–water partition coefficient (Wildman–Crippen LogP) is 5.21. The van der Waals surface area contributed by atoms with Crippen molar-refractivity contribution in [3.63, 3.8) is 0 Å². The Kier molecular flexibility index (Phi) is 8.73. The Morgan fingerprint density at radius 3 is 2.35 bits per heavy atom. The molecule has 0 aliphatic carbocycles. The Bertz CT molecular complexity index is 1060. The van der Waals surface area contributed by atoms with E-state index in [0.29, 0.717) is 31.7 Å². The molecule has 7 nitrogen and oxygen atoms in total. The van der Waals surface area contributed by atoms with Crippen LogP contribution in [0.4, 0.5) is 16.2 Å². The molecule has 0 unspecified atom stereocenters. The number of nitrogens with zero attached hydrogens (tertiary/aromatic N) is 2. The molecule has 0 bridgehead atoms. The number of carbonyl (C=O) groups excluding carboxylic acids is 2. The maximum atomic E-state index is 13.8. The molecule has 3 rings (SSSR count). The second kappa shape index (κ2) is 11.9. The molecule has 0 saturated heterocycles. The zero-order valence-corrected chi connectivity index (χ0v) is 20.4. The van der Waals surface area contributed by atoms with Gasteiger partial charge >= 0.3 is 6.03 Å². The van der Waals surface area contributed by atoms with E-state index in [9.17, 15) is 9.59 Å². The van der Waals surface area contributed by atoms with Crippen molar-refractivity contribution >= 4 is 23.3 Å². The summed E-state index contributed by atoms with van der Waals surface area (Å²) in [4.78, 5) is 29.7. The van der Waals surface area contributed by atoms with Crippen molar-refractivity contribution in [2.75, 3.05) is 30.9 Å². The van der Waals surface area contributed by atoms with E-state index >= 15 is 0 Å². The van der Waals surface area contributed by atoms with E-state index in [1.807, 2.05) is 98.4 Å². The summed E-state index contributed by atoms with van der Waals surface area (Å²) >= 11 is 0. The van der Waals surface area contributed by atoms with Gasteiger partial charge in [0, 0.05) is 38.6 Å². The fourth-order valence-corrected chi connectivity index (χ4v) is 4.03. The minimum atomic E-state index is -0.260. The fraction of sp³-hybridized carbons (Fsp3) is 0.333. The molecular weight excluding hydrogens is 428 g/mol. The van der Waals surface area contributed by atoms with Crippen LogP contribution in [-0.2, 0) is 17.9 Å². The average Bonchev–Trinajstić information content (AvgIpc) is 3.33. The summed E-state index contributed by atoms with van der Waals surface area (Å²) < 4.78 is 5.58. The second-order valence-corrected chi connectivity index (χ2v) is 8.37. The Morgan fingerprint density at radius 1 is 0.971 bits per heavy atom. The highest BCUT2D eigenvalue weighted by molar-refractivity contribution is 5.89. The number of amides is 3. The van der Waals surface area contributed by atoms with Crippen molar-refractivity contribution in [1.29, 1.82) is 0 Å². The SMILES string of the molecule is CCNC(=O)Nc1ccc(N(C)C)c(CN(Cc2ccco2)C(=O)[C@@H](CC)c2ccccc2)c1. The van der Waals surface area contributed by atoms with E-state index in [0.717, 1.165) is 22.6 Å². The normalized spacial score (nSPS) is 11.5. The Hall–Kier alpha value is -3.74. The minimum Gasteiger partial charge on any atom is -0.467 e. The molecule has 7 heteroatoms. The maximum absolute atomic E-state index is 13.8. The van der Waals surface area contributed by atoms with E-state index in [1.165, 1.54) is 0 Å². The number of furan rings is 1. The van der Waals surface area contributed by atoms with E-state index < -0.39 is 0 Å². The highest BCUT2D eigenvalue weighted by Gasteiger charge is 2.26. The summed E-state index contributed by atoms with van der Waals surface area (Å²) in [7, 11) is 3.93. The van der Waals surface area contributed by atoms with Gasteiger partial charge in [-0.1, -0.05) is 37.3 Å². The zero-order valence-electron chi connectivity index (χ0n) is 20.4. The molecule has 2 aromatic carbocycles. The van der Waals surface area contributed by atoms with Crippen molar-refractivity contribution in [3.05, 3.63) is 83.8 Å². The van der Waals surface area contributed by atoms with Gasteiger partial charge in [0.1, 0.15) is 5.76 Å². The smallest absolute Gasteiger partial charge is 0.319 e. The number of rotatable bonds is 10. The molecule has 0 aliphatic heterocycles. The molecule has 180 valence electrons. The summed E-state index contributed by atoms with van der Waals surface area (Å²) in [5.41, 5.74) is 3.58. The monoisotopic (exact) mass is 462 g/mol. The fourth-order valence-electron chi connectivity index (χ4n) is 4.03. The molecule has 34 heavy (non-hydrogen) atoms. The predicted molar refractivity (Wildman–Crippen MR) is 136 cm³/mol. The van der Waals surface area contributed by atoms with Gasteiger partial charge in [-0.15, -0.1) is 0 Å². The molecule has 0 spiro atoms. The summed E-state index contributed by atoms with van der Waals surface area (Å²) in [6, 6.07) is 19.1. The number of hydrogen-bond acceptors (Lipinski definition) is 4. The first-order valence-corrected chi connectivity index (χ1v) is 11.6. The lowest BCUT2D eigenvalue weighted by atomic mass is 9.94.